The molecule has 1 saturated carbocycles. The molecule has 0 bridgehead atoms. The van der Waals surface area contributed by atoms with Crippen LogP contribution < -0.4 is 19.7 Å². The number of alkyl halides is 3. The van der Waals surface area contributed by atoms with Crippen LogP contribution in [-0.4, -0.2) is 57.8 Å². The number of carbonyl (C=O) groups is 1. The lowest BCUT2D eigenvalue weighted by atomic mass is 10.00. The van der Waals surface area contributed by atoms with Crippen molar-refractivity contribution in [2.75, 3.05) is 24.3 Å². The fourth-order valence-corrected chi connectivity index (χ4v) is 6.24. The topological polar surface area (TPSA) is 93.9 Å². The summed E-state index contributed by atoms with van der Waals surface area (Å²) in [6, 6.07) is 18.9. The van der Waals surface area contributed by atoms with Gasteiger partial charge in [-0.3, -0.25) is 0 Å². The van der Waals surface area contributed by atoms with Gasteiger partial charge in [-0.15, -0.1) is 18.3 Å². The van der Waals surface area contributed by atoms with Gasteiger partial charge in [0.1, 0.15) is 17.8 Å². The van der Waals surface area contributed by atoms with Gasteiger partial charge in [0, 0.05) is 41.6 Å². The Kier molecular flexibility index (Phi) is 8.45. The lowest BCUT2D eigenvalue weighted by Crippen LogP contribution is -2.29. The first kappa shape index (κ1) is 30.5. The molecule has 13 heteroatoms. The van der Waals surface area contributed by atoms with Gasteiger partial charge < -0.3 is 19.7 Å². The lowest BCUT2D eigenvalue weighted by Gasteiger charge is -2.23. The van der Waals surface area contributed by atoms with Crippen LogP contribution in [0.5, 0.6) is 11.5 Å². The zero-order chi connectivity index (χ0) is 31.7. The smallest absolute Gasteiger partial charge is 0.497 e. The van der Waals surface area contributed by atoms with Crippen LogP contribution in [-0.2, 0) is 0 Å². The van der Waals surface area contributed by atoms with Crippen LogP contribution in [0.1, 0.15) is 43.2 Å². The van der Waals surface area contributed by atoms with E-state index in [9.17, 15) is 18.0 Å². The summed E-state index contributed by atoms with van der Waals surface area (Å²) < 4.78 is 48.1. The molecule has 3 aromatic carbocycles. The molecule has 1 N–H and O–H groups in total. The highest BCUT2D eigenvalue weighted by molar-refractivity contribution is 8.14. The Morgan fingerprint density at radius 1 is 1.07 bits per heavy atom. The summed E-state index contributed by atoms with van der Waals surface area (Å²) in [7, 11) is 1.64. The molecule has 45 heavy (non-hydrogen) atoms. The summed E-state index contributed by atoms with van der Waals surface area (Å²) >= 11 is 1.57. The number of benzene rings is 3. The number of rotatable bonds is 8. The van der Waals surface area contributed by atoms with Crippen LogP contribution in [0.4, 0.5) is 23.7 Å². The second-order valence-electron chi connectivity index (χ2n) is 11.0. The first-order chi connectivity index (χ1) is 21.6. The van der Waals surface area contributed by atoms with Gasteiger partial charge in [0.25, 0.3) is 0 Å². The molecule has 2 amide bonds. The molecule has 6 rings (SSSR count). The zero-order valence-corrected chi connectivity index (χ0v) is 25.6. The van der Waals surface area contributed by atoms with E-state index < -0.39 is 6.36 Å². The van der Waals surface area contributed by atoms with E-state index in [0.29, 0.717) is 22.6 Å². The van der Waals surface area contributed by atoms with Gasteiger partial charge >= 0.3 is 12.4 Å². The summed E-state index contributed by atoms with van der Waals surface area (Å²) in [5.41, 5.74) is 4.61. The largest absolute Gasteiger partial charge is 0.573 e. The number of thioether (sulfide) groups is 1. The van der Waals surface area contributed by atoms with Crippen molar-refractivity contribution in [3.05, 3.63) is 84.2 Å². The number of anilines is 1. The number of carbonyl (C=O) groups excluding carboxylic acids is 1. The van der Waals surface area contributed by atoms with Crippen molar-refractivity contribution in [1.82, 2.24) is 20.1 Å². The lowest BCUT2D eigenvalue weighted by molar-refractivity contribution is -0.274. The minimum atomic E-state index is -4.75. The van der Waals surface area contributed by atoms with E-state index in [0.717, 1.165) is 41.3 Å². The number of nitrogens with one attached hydrogen (secondary N) is 1. The Hall–Kier alpha value is -4.52. The van der Waals surface area contributed by atoms with E-state index in [1.54, 1.807) is 18.9 Å². The molecule has 0 radical (unpaired) electrons. The van der Waals surface area contributed by atoms with Crippen LogP contribution >= 0.6 is 11.8 Å². The number of nitrogens with zero attached hydrogens (tertiary/aromatic N) is 5. The molecule has 2 aliphatic rings. The molecule has 0 spiro atoms. The molecule has 2 atom stereocenters. The van der Waals surface area contributed by atoms with E-state index >= 15 is 0 Å². The number of hydrogen-bond acceptors (Lipinski definition) is 6. The normalized spacial score (nSPS) is 18.8. The predicted octanol–water partition coefficient (Wildman–Crippen LogP) is 7.14. The van der Waals surface area contributed by atoms with E-state index in [4.69, 9.17) is 4.74 Å². The molecular formula is C32H31F3N6O3S. The molecule has 234 valence electrons. The fourth-order valence-electron chi connectivity index (χ4n) is 5.29. The quantitative estimate of drug-likeness (QED) is 0.220. The Balaban J connectivity index is 1.07. The number of methoxy groups -OCH3 is 1. The van der Waals surface area contributed by atoms with Crippen LogP contribution in [0.2, 0.25) is 0 Å². The van der Waals surface area contributed by atoms with Crippen molar-refractivity contribution >= 4 is 28.6 Å². The van der Waals surface area contributed by atoms with Gasteiger partial charge in [0.2, 0.25) is 0 Å². The van der Waals surface area contributed by atoms with Crippen LogP contribution in [0, 0.1) is 0 Å². The monoisotopic (exact) mass is 636 g/mol. The molecule has 1 aromatic heterocycles. The predicted molar refractivity (Wildman–Crippen MR) is 167 cm³/mol. The molecule has 9 nitrogen and oxygen atoms in total. The van der Waals surface area contributed by atoms with E-state index in [2.05, 4.69) is 49.9 Å². The van der Waals surface area contributed by atoms with Gasteiger partial charge in [0.15, 0.2) is 11.0 Å². The number of urea groups is 1. The van der Waals surface area contributed by atoms with Gasteiger partial charge in [-0.2, -0.15) is 4.99 Å². The number of aliphatic imine (C=N–C) groups is 1. The molecule has 2 heterocycles. The van der Waals surface area contributed by atoms with Crippen LogP contribution in [0.25, 0.3) is 17.1 Å². The molecule has 1 aliphatic carbocycles. The third-order valence-corrected chi connectivity index (χ3v) is 8.60. The van der Waals surface area contributed by atoms with E-state index in [-0.39, 0.29) is 23.7 Å². The minimum Gasteiger partial charge on any atom is -0.497 e. The van der Waals surface area contributed by atoms with Crippen molar-refractivity contribution < 1.29 is 27.4 Å². The Labute approximate surface area is 262 Å². The standard InChI is InChI=1S/C32H31F3N6O3S/c1-19(2)25-13-12-24(43-3)16-28(25)40-14-15-45-31(40)38-30(42)37-27-17-26(27)20-4-6-21(7-5-20)29-36-18-41(39-29)22-8-10-23(11-9-22)44-32(33,34)35/h4-13,16,18-19,26-27H,14-15,17H2,1-3H3,(H,37,42)/b38-31-. The molecule has 2 unspecified atom stereocenters. The number of aromatic nitrogens is 3. The Morgan fingerprint density at radius 3 is 2.49 bits per heavy atom. The third kappa shape index (κ3) is 7.08. The maximum Gasteiger partial charge on any atom is 0.573 e. The summed E-state index contributed by atoms with van der Waals surface area (Å²) in [4.78, 5) is 23.8. The molecule has 4 aromatic rings. The summed E-state index contributed by atoms with van der Waals surface area (Å²) in [5, 5.41) is 8.20. The third-order valence-electron chi connectivity index (χ3n) is 7.65. The van der Waals surface area contributed by atoms with Gasteiger partial charge in [-0.1, -0.05) is 55.9 Å². The Morgan fingerprint density at radius 2 is 1.80 bits per heavy atom. The fraction of sp³-hybridized carbons (Fsp3) is 0.312. The number of ether oxygens (including phenoxy) is 2. The highest BCUT2D eigenvalue weighted by Gasteiger charge is 2.40. The first-order valence-corrected chi connectivity index (χ1v) is 15.4. The summed E-state index contributed by atoms with van der Waals surface area (Å²) in [6.07, 6.45) is -2.43. The van der Waals surface area contributed by atoms with E-state index in [1.807, 2.05) is 36.4 Å². The van der Waals surface area contributed by atoms with Crippen LogP contribution in [0.15, 0.2) is 78.0 Å². The molecular weight excluding hydrogens is 605 g/mol. The summed E-state index contributed by atoms with van der Waals surface area (Å²) in [6.45, 7) is 5.05. The van der Waals surface area contributed by atoms with Crippen molar-refractivity contribution in [2.45, 2.75) is 44.5 Å². The molecule has 1 saturated heterocycles. The van der Waals surface area contributed by atoms with Gasteiger partial charge in [-0.05, 0) is 53.8 Å². The van der Waals surface area contributed by atoms with Crippen molar-refractivity contribution in [3.63, 3.8) is 0 Å². The highest BCUT2D eigenvalue weighted by atomic mass is 32.2. The molecule has 1 aliphatic heterocycles. The van der Waals surface area contributed by atoms with Crippen molar-refractivity contribution in [1.29, 1.82) is 0 Å². The van der Waals surface area contributed by atoms with Gasteiger partial charge in [-0.25, -0.2) is 14.5 Å². The van der Waals surface area contributed by atoms with Gasteiger partial charge in [0.05, 0.1) is 12.8 Å². The average molecular weight is 637 g/mol. The highest BCUT2D eigenvalue weighted by Crippen LogP contribution is 2.41. The molecule has 2 fully saturated rings. The minimum absolute atomic E-state index is 0.00257. The maximum atomic E-state index is 12.9. The first-order valence-electron chi connectivity index (χ1n) is 14.4. The zero-order valence-electron chi connectivity index (χ0n) is 24.8. The summed E-state index contributed by atoms with van der Waals surface area (Å²) in [5.74, 6) is 2.26. The van der Waals surface area contributed by atoms with E-state index in [1.165, 1.54) is 40.8 Å². The second kappa shape index (κ2) is 12.5. The van der Waals surface area contributed by atoms with Crippen molar-refractivity contribution in [2.24, 2.45) is 4.99 Å². The number of amides is 2. The number of amidine groups is 1. The SMILES string of the molecule is COc1ccc(C(C)C)c(N2CCS/C2=N\C(=O)NC2CC2c2ccc(-c3ncn(-c4ccc(OC(F)(F)F)cc4)n3)cc2)c1. The average Bonchev–Trinajstić information content (AvgIpc) is 3.36. The second-order valence-corrected chi connectivity index (χ2v) is 12.1. The number of hydrogen-bond donors (Lipinski definition) is 1. The van der Waals surface area contributed by atoms with Crippen molar-refractivity contribution in [3.8, 4) is 28.6 Å². The number of halogens is 3. The van der Waals surface area contributed by atoms with Crippen LogP contribution in [0.3, 0.4) is 0 Å². The maximum absolute atomic E-state index is 12.9. The Bertz CT molecular complexity index is 1710.